The Labute approximate surface area is 217 Å². The summed E-state index contributed by atoms with van der Waals surface area (Å²) in [5.74, 6) is 0.0748. The van der Waals surface area contributed by atoms with E-state index in [1.165, 1.54) is 121 Å². The SMILES string of the molecule is CCCCCCCCCCCCCCCC[NH2+]CCCCC(=O)Oc1ccc([N+](=O)[O-])cc1.[Br-]. The highest BCUT2D eigenvalue weighted by atomic mass is 79.9. The van der Waals surface area contributed by atoms with Gasteiger partial charge in [0.15, 0.2) is 0 Å². The number of rotatable bonds is 22. The Morgan fingerprint density at radius 1 is 0.765 bits per heavy atom. The Morgan fingerprint density at radius 2 is 1.21 bits per heavy atom. The minimum Gasteiger partial charge on any atom is -1.00 e. The molecule has 0 atom stereocenters. The molecule has 0 heterocycles. The van der Waals surface area contributed by atoms with E-state index < -0.39 is 4.92 Å². The summed E-state index contributed by atoms with van der Waals surface area (Å²) < 4.78 is 5.21. The first-order valence-corrected chi connectivity index (χ1v) is 13.4. The molecule has 34 heavy (non-hydrogen) atoms. The summed E-state index contributed by atoms with van der Waals surface area (Å²) >= 11 is 0. The molecule has 0 fully saturated rings. The molecule has 7 heteroatoms. The standard InChI is InChI=1S/C27H46N2O4.BrH/c1-2-3-4-5-6-7-8-9-10-11-12-13-14-16-23-28-24-17-15-18-27(30)33-26-21-19-25(20-22-26)29(31)32;/h19-22,28H,2-18,23-24H2,1H3;1H. The van der Waals surface area contributed by atoms with Crippen LogP contribution in [0.15, 0.2) is 24.3 Å². The maximum atomic E-state index is 11.8. The summed E-state index contributed by atoms with van der Waals surface area (Å²) in [5, 5.41) is 13.0. The van der Waals surface area contributed by atoms with Gasteiger partial charge in [-0.1, -0.05) is 84.0 Å². The summed E-state index contributed by atoms with van der Waals surface area (Å²) in [6, 6.07) is 5.60. The Kier molecular flexibility index (Phi) is 22.3. The molecule has 0 spiro atoms. The van der Waals surface area contributed by atoms with Crippen LogP contribution in [0.4, 0.5) is 5.69 Å². The molecule has 0 unspecified atom stereocenters. The van der Waals surface area contributed by atoms with Crippen molar-refractivity contribution >= 4 is 11.7 Å². The number of unbranched alkanes of at least 4 members (excludes halogenated alkanes) is 14. The molecule has 0 bridgehead atoms. The zero-order valence-electron chi connectivity index (χ0n) is 21.3. The molecule has 0 aliphatic carbocycles. The number of non-ortho nitro benzene ring substituents is 1. The number of nitro groups is 1. The first-order chi connectivity index (χ1) is 16.1. The fourth-order valence-electron chi connectivity index (χ4n) is 4.00. The van der Waals surface area contributed by atoms with E-state index in [0.717, 1.165) is 19.4 Å². The van der Waals surface area contributed by atoms with E-state index in [1.54, 1.807) is 0 Å². The number of carbonyl (C=O) groups excluding carboxylic acids is 1. The molecule has 0 aliphatic rings. The lowest BCUT2D eigenvalue weighted by Crippen LogP contribution is -3.00. The van der Waals surface area contributed by atoms with E-state index in [9.17, 15) is 14.9 Å². The molecule has 2 N–H and O–H groups in total. The number of ether oxygens (including phenoxy) is 1. The van der Waals surface area contributed by atoms with E-state index in [2.05, 4.69) is 12.2 Å². The van der Waals surface area contributed by atoms with Gasteiger partial charge in [0.1, 0.15) is 5.75 Å². The molecule has 0 aromatic heterocycles. The third-order valence-corrected chi connectivity index (χ3v) is 6.08. The van der Waals surface area contributed by atoms with E-state index in [0.29, 0.717) is 12.2 Å². The quantitative estimate of drug-likeness (QED) is 0.0795. The van der Waals surface area contributed by atoms with Crippen LogP contribution in [0, 0.1) is 10.1 Å². The fourth-order valence-corrected chi connectivity index (χ4v) is 4.00. The number of nitrogens with two attached hydrogens (primary N) is 1. The largest absolute Gasteiger partial charge is 1.00 e. The van der Waals surface area contributed by atoms with Crippen LogP contribution in [-0.4, -0.2) is 24.0 Å². The molecular weight excluding hydrogens is 496 g/mol. The molecule has 0 radical (unpaired) electrons. The van der Waals surface area contributed by atoms with Crippen molar-refractivity contribution in [2.75, 3.05) is 13.1 Å². The molecule has 0 amide bonds. The Morgan fingerprint density at radius 3 is 1.68 bits per heavy atom. The molecule has 0 saturated heterocycles. The van der Waals surface area contributed by atoms with Crippen molar-refractivity contribution in [1.82, 2.24) is 0 Å². The van der Waals surface area contributed by atoms with E-state index in [-0.39, 0.29) is 28.6 Å². The van der Waals surface area contributed by atoms with Gasteiger partial charge < -0.3 is 27.0 Å². The normalized spacial score (nSPS) is 10.6. The van der Waals surface area contributed by atoms with Crippen molar-refractivity contribution in [3.63, 3.8) is 0 Å². The third kappa shape index (κ3) is 18.9. The average molecular weight is 544 g/mol. The van der Waals surface area contributed by atoms with Crippen LogP contribution in [0.5, 0.6) is 5.75 Å². The highest BCUT2D eigenvalue weighted by Gasteiger charge is 2.08. The number of carbonyl (C=O) groups is 1. The lowest BCUT2D eigenvalue weighted by molar-refractivity contribution is -0.655. The highest BCUT2D eigenvalue weighted by molar-refractivity contribution is 5.72. The zero-order valence-corrected chi connectivity index (χ0v) is 22.9. The van der Waals surface area contributed by atoms with Crippen LogP contribution < -0.4 is 27.0 Å². The Balaban J connectivity index is 0.0000109. The number of nitro benzene ring substituents is 1. The van der Waals surface area contributed by atoms with Gasteiger partial charge >= 0.3 is 5.97 Å². The van der Waals surface area contributed by atoms with Crippen LogP contribution in [-0.2, 0) is 4.79 Å². The summed E-state index contributed by atoms with van der Waals surface area (Å²) in [7, 11) is 0. The lowest BCUT2D eigenvalue weighted by Gasteiger charge is -2.05. The monoisotopic (exact) mass is 542 g/mol. The number of halogens is 1. The highest BCUT2D eigenvalue weighted by Crippen LogP contribution is 2.18. The maximum absolute atomic E-state index is 11.8. The zero-order chi connectivity index (χ0) is 24.0. The van der Waals surface area contributed by atoms with Crippen LogP contribution in [0.3, 0.4) is 0 Å². The van der Waals surface area contributed by atoms with Gasteiger partial charge in [0.2, 0.25) is 0 Å². The second-order valence-electron chi connectivity index (χ2n) is 9.14. The van der Waals surface area contributed by atoms with Gasteiger partial charge in [-0.15, -0.1) is 0 Å². The molecule has 1 aromatic rings. The minimum atomic E-state index is -0.471. The summed E-state index contributed by atoms with van der Waals surface area (Å²) in [6.07, 6.45) is 21.6. The van der Waals surface area contributed by atoms with Gasteiger partial charge in [-0.25, -0.2) is 0 Å². The third-order valence-electron chi connectivity index (χ3n) is 6.08. The van der Waals surface area contributed by atoms with Crippen LogP contribution in [0.2, 0.25) is 0 Å². The second-order valence-corrected chi connectivity index (χ2v) is 9.14. The van der Waals surface area contributed by atoms with Gasteiger partial charge in [0.05, 0.1) is 18.0 Å². The number of quaternary nitrogens is 1. The fraction of sp³-hybridized carbons (Fsp3) is 0.741. The van der Waals surface area contributed by atoms with Crippen molar-refractivity contribution in [2.45, 2.75) is 116 Å². The molecule has 0 saturated carbocycles. The number of nitrogens with zero attached hydrogens (tertiary/aromatic N) is 1. The van der Waals surface area contributed by atoms with E-state index >= 15 is 0 Å². The predicted molar refractivity (Wildman–Crippen MR) is 135 cm³/mol. The molecule has 1 aromatic carbocycles. The second kappa shape index (κ2) is 23.3. The van der Waals surface area contributed by atoms with Crippen molar-refractivity contribution in [1.29, 1.82) is 0 Å². The smallest absolute Gasteiger partial charge is 0.311 e. The van der Waals surface area contributed by atoms with Crippen LogP contribution in [0.25, 0.3) is 0 Å². The molecule has 0 aliphatic heterocycles. The number of benzene rings is 1. The first-order valence-electron chi connectivity index (χ1n) is 13.4. The van der Waals surface area contributed by atoms with Gasteiger partial charge in [-0.05, 0) is 37.8 Å². The molecule has 196 valence electrons. The first kappa shape index (κ1) is 32.5. The maximum Gasteiger partial charge on any atom is 0.311 e. The van der Waals surface area contributed by atoms with Gasteiger partial charge in [-0.2, -0.15) is 0 Å². The van der Waals surface area contributed by atoms with Gasteiger partial charge in [0, 0.05) is 18.6 Å². The van der Waals surface area contributed by atoms with Crippen LogP contribution >= 0.6 is 0 Å². The van der Waals surface area contributed by atoms with Gasteiger partial charge in [0.25, 0.3) is 5.69 Å². The average Bonchev–Trinajstić information content (AvgIpc) is 2.81. The van der Waals surface area contributed by atoms with Crippen molar-refractivity contribution < 1.29 is 36.8 Å². The molecule has 1 rings (SSSR count). The molecule has 6 nitrogen and oxygen atoms in total. The van der Waals surface area contributed by atoms with Crippen molar-refractivity contribution in [3.05, 3.63) is 34.4 Å². The van der Waals surface area contributed by atoms with E-state index in [1.807, 2.05) is 0 Å². The number of esters is 1. The van der Waals surface area contributed by atoms with Crippen LogP contribution in [0.1, 0.15) is 116 Å². The topological polar surface area (TPSA) is 86.0 Å². The summed E-state index contributed by atoms with van der Waals surface area (Å²) in [5.41, 5.74) is -0.0101. The summed E-state index contributed by atoms with van der Waals surface area (Å²) in [6.45, 7) is 4.49. The number of hydrogen-bond acceptors (Lipinski definition) is 4. The molecular formula is C27H47BrN2O4. The Bertz CT molecular complexity index is 626. The summed E-state index contributed by atoms with van der Waals surface area (Å²) in [4.78, 5) is 22.0. The van der Waals surface area contributed by atoms with Crippen molar-refractivity contribution in [2.24, 2.45) is 0 Å². The number of hydrogen-bond donors (Lipinski definition) is 1. The Hall–Kier alpha value is -1.47. The minimum absolute atomic E-state index is 0. The van der Waals surface area contributed by atoms with Gasteiger partial charge in [-0.3, -0.25) is 14.9 Å². The van der Waals surface area contributed by atoms with Crippen molar-refractivity contribution in [3.8, 4) is 5.75 Å². The lowest BCUT2D eigenvalue weighted by atomic mass is 10.0. The predicted octanol–water partition coefficient (Wildman–Crippen LogP) is 3.72. The van der Waals surface area contributed by atoms with E-state index in [4.69, 9.17) is 4.74 Å².